The van der Waals surface area contributed by atoms with Gasteiger partial charge in [0.15, 0.2) is 0 Å². The van der Waals surface area contributed by atoms with Crippen molar-refractivity contribution in [3.05, 3.63) is 53.6 Å². The van der Waals surface area contributed by atoms with Crippen LogP contribution in [0.2, 0.25) is 0 Å². The molecule has 0 fully saturated rings. The van der Waals surface area contributed by atoms with Gasteiger partial charge in [0.1, 0.15) is 17.4 Å². The molecule has 0 heterocycles. The molecule has 1 amide bonds. The standard InChI is InChI=1S/C23H29NO5/c1-6-16-14-18(25)11-12-19(16)17-9-7-15(8-10-17)13-20(21(26)28-5)24-22(27)29-23(2,3)4/h7-12,14,20,25H,6,13H2,1-5H3,(H,24,27). The Balaban J connectivity index is 2.16. The second-order valence-electron chi connectivity index (χ2n) is 7.82. The summed E-state index contributed by atoms with van der Waals surface area (Å²) in [5.74, 6) is -0.289. The number of phenols is 1. The number of aryl methyl sites for hydroxylation is 1. The van der Waals surface area contributed by atoms with Gasteiger partial charge in [0.25, 0.3) is 0 Å². The van der Waals surface area contributed by atoms with Gasteiger partial charge in [0.05, 0.1) is 7.11 Å². The number of nitrogens with one attached hydrogen (secondary N) is 1. The molecule has 2 rings (SSSR count). The van der Waals surface area contributed by atoms with Crippen LogP contribution in [0.3, 0.4) is 0 Å². The molecule has 2 N–H and O–H groups in total. The van der Waals surface area contributed by atoms with E-state index in [4.69, 9.17) is 9.47 Å². The number of amides is 1. The van der Waals surface area contributed by atoms with Gasteiger partial charge < -0.3 is 19.9 Å². The van der Waals surface area contributed by atoms with Gasteiger partial charge in [0, 0.05) is 6.42 Å². The Kier molecular flexibility index (Phi) is 7.26. The first-order valence-electron chi connectivity index (χ1n) is 9.61. The van der Waals surface area contributed by atoms with Gasteiger partial charge in [0.2, 0.25) is 0 Å². The number of esters is 1. The minimum Gasteiger partial charge on any atom is -0.508 e. The molecule has 156 valence electrons. The summed E-state index contributed by atoms with van der Waals surface area (Å²) in [7, 11) is 1.28. The van der Waals surface area contributed by atoms with E-state index in [9.17, 15) is 14.7 Å². The van der Waals surface area contributed by atoms with Gasteiger partial charge in [-0.2, -0.15) is 0 Å². The first-order valence-corrected chi connectivity index (χ1v) is 9.61. The minimum absolute atomic E-state index is 0.247. The smallest absolute Gasteiger partial charge is 0.408 e. The molecule has 1 unspecified atom stereocenters. The fraction of sp³-hybridized carbons (Fsp3) is 0.391. The van der Waals surface area contributed by atoms with Crippen LogP contribution in [-0.4, -0.2) is 35.9 Å². The highest BCUT2D eigenvalue weighted by molar-refractivity contribution is 5.81. The molecule has 29 heavy (non-hydrogen) atoms. The van der Waals surface area contributed by atoms with Crippen LogP contribution in [0, 0.1) is 0 Å². The summed E-state index contributed by atoms with van der Waals surface area (Å²) in [5.41, 5.74) is 3.33. The molecule has 0 radical (unpaired) electrons. The lowest BCUT2D eigenvalue weighted by Crippen LogP contribution is -2.45. The number of methoxy groups -OCH3 is 1. The van der Waals surface area contributed by atoms with Crippen LogP contribution in [0.5, 0.6) is 5.75 Å². The molecule has 2 aromatic rings. The molecule has 6 nitrogen and oxygen atoms in total. The van der Waals surface area contributed by atoms with E-state index < -0.39 is 23.7 Å². The molecule has 0 bridgehead atoms. The number of aromatic hydroxyl groups is 1. The van der Waals surface area contributed by atoms with Crippen LogP contribution in [0.15, 0.2) is 42.5 Å². The van der Waals surface area contributed by atoms with E-state index >= 15 is 0 Å². The van der Waals surface area contributed by atoms with Crippen molar-refractivity contribution in [1.29, 1.82) is 0 Å². The summed E-state index contributed by atoms with van der Waals surface area (Å²) in [6.07, 6.45) is 0.416. The summed E-state index contributed by atoms with van der Waals surface area (Å²) >= 11 is 0. The largest absolute Gasteiger partial charge is 0.508 e. The molecule has 0 aliphatic carbocycles. The van der Waals surface area contributed by atoms with Crippen molar-refractivity contribution in [3.63, 3.8) is 0 Å². The van der Waals surface area contributed by atoms with Gasteiger partial charge in [-0.3, -0.25) is 0 Å². The van der Waals surface area contributed by atoms with E-state index in [1.54, 1.807) is 32.9 Å². The van der Waals surface area contributed by atoms with Crippen molar-refractivity contribution in [3.8, 4) is 16.9 Å². The molecule has 2 aromatic carbocycles. The normalized spacial score (nSPS) is 12.2. The third-order valence-electron chi connectivity index (χ3n) is 4.35. The SMILES string of the molecule is CCc1cc(O)ccc1-c1ccc(CC(NC(=O)OC(C)(C)C)C(=O)OC)cc1. The van der Waals surface area contributed by atoms with E-state index in [1.165, 1.54) is 7.11 Å². The van der Waals surface area contributed by atoms with E-state index in [0.29, 0.717) is 0 Å². The maximum absolute atomic E-state index is 12.1. The van der Waals surface area contributed by atoms with Crippen molar-refractivity contribution in [2.75, 3.05) is 7.11 Å². The Bertz CT molecular complexity index is 853. The lowest BCUT2D eigenvalue weighted by molar-refractivity contribution is -0.143. The van der Waals surface area contributed by atoms with Crippen molar-refractivity contribution in [2.24, 2.45) is 0 Å². The Hall–Kier alpha value is -3.02. The Labute approximate surface area is 171 Å². The van der Waals surface area contributed by atoms with Gasteiger partial charge in [-0.25, -0.2) is 9.59 Å². The van der Waals surface area contributed by atoms with Crippen LogP contribution in [0.4, 0.5) is 4.79 Å². The third-order valence-corrected chi connectivity index (χ3v) is 4.35. The molecule has 1 atom stereocenters. The van der Waals surface area contributed by atoms with Crippen LogP contribution < -0.4 is 5.32 Å². The van der Waals surface area contributed by atoms with E-state index in [-0.39, 0.29) is 12.2 Å². The number of alkyl carbamates (subject to hydrolysis) is 1. The van der Waals surface area contributed by atoms with Gasteiger partial charge >= 0.3 is 12.1 Å². The molecule has 0 saturated heterocycles. The van der Waals surface area contributed by atoms with E-state index in [0.717, 1.165) is 28.7 Å². The number of benzene rings is 2. The molecule has 0 saturated carbocycles. The zero-order valence-corrected chi connectivity index (χ0v) is 17.6. The highest BCUT2D eigenvalue weighted by atomic mass is 16.6. The number of rotatable bonds is 6. The number of carbonyl (C=O) groups is 2. The second-order valence-corrected chi connectivity index (χ2v) is 7.82. The monoisotopic (exact) mass is 399 g/mol. The summed E-state index contributed by atoms with van der Waals surface area (Å²) in [4.78, 5) is 24.2. The lowest BCUT2D eigenvalue weighted by atomic mass is 9.96. The maximum atomic E-state index is 12.1. The van der Waals surface area contributed by atoms with Crippen molar-refractivity contribution in [1.82, 2.24) is 5.32 Å². The predicted molar refractivity (Wildman–Crippen MR) is 112 cm³/mol. The summed E-state index contributed by atoms with van der Waals surface area (Å²) in [6, 6.07) is 12.2. The molecule has 0 aromatic heterocycles. The molecular weight excluding hydrogens is 370 g/mol. The van der Waals surface area contributed by atoms with E-state index in [1.807, 2.05) is 37.3 Å². The summed E-state index contributed by atoms with van der Waals surface area (Å²) in [6.45, 7) is 7.31. The molecule has 0 aliphatic heterocycles. The summed E-state index contributed by atoms with van der Waals surface area (Å²) < 4.78 is 10.1. The molecule has 0 aliphatic rings. The van der Waals surface area contributed by atoms with Crippen LogP contribution in [0.1, 0.15) is 38.8 Å². The average Bonchev–Trinajstić information content (AvgIpc) is 2.66. The number of hydrogen-bond acceptors (Lipinski definition) is 5. The number of phenolic OH excluding ortho intramolecular Hbond substituents is 1. The number of carbonyl (C=O) groups excluding carboxylic acids is 2. The zero-order valence-electron chi connectivity index (χ0n) is 17.6. The Morgan fingerprint density at radius 3 is 2.31 bits per heavy atom. The maximum Gasteiger partial charge on any atom is 0.408 e. The lowest BCUT2D eigenvalue weighted by Gasteiger charge is -2.22. The quantitative estimate of drug-likeness (QED) is 0.710. The van der Waals surface area contributed by atoms with Crippen LogP contribution in [-0.2, 0) is 27.1 Å². The predicted octanol–water partition coefficient (Wildman–Crippen LogP) is 4.23. The molecular formula is C23H29NO5. The average molecular weight is 399 g/mol. The fourth-order valence-corrected chi connectivity index (χ4v) is 3.00. The number of ether oxygens (including phenoxy) is 2. The highest BCUT2D eigenvalue weighted by Crippen LogP contribution is 2.28. The van der Waals surface area contributed by atoms with E-state index in [2.05, 4.69) is 5.32 Å². The fourth-order valence-electron chi connectivity index (χ4n) is 3.00. The zero-order chi connectivity index (χ0) is 21.6. The minimum atomic E-state index is -0.847. The van der Waals surface area contributed by atoms with Gasteiger partial charge in [-0.05, 0) is 61.6 Å². The molecule has 6 heteroatoms. The first kappa shape index (κ1) is 22.3. The Morgan fingerprint density at radius 2 is 1.76 bits per heavy atom. The van der Waals surface area contributed by atoms with Crippen LogP contribution >= 0.6 is 0 Å². The van der Waals surface area contributed by atoms with Gasteiger partial charge in [-0.1, -0.05) is 37.3 Å². The Morgan fingerprint density at radius 1 is 1.10 bits per heavy atom. The van der Waals surface area contributed by atoms with Crippen molar-refractivity contribution >= 4 is 12.1 Å². The number of hydrogen-bond donors (Lipinski definition) is 2. The topological polar surface area (TPSA) is 84.9 Å². The van der Waals surface area contributed by atoms with Crippen molar-refractivity contribution < 1.29 is 24.2 Å². The highest BCUT2D eigenvalue weighted by Gasteiger charge is 2.25. The van der Waals surface area contributed by atoms with Crippen molar-refractivity contribution in [2.45, 2.75) is 52.2 Å². The third kappa shape index (κ3) is 6.52. The molecule has 0 spiro atoms. The second kappa shape index (κ2) is 9.45. The first-order chi connectivity index (χ1) is 13.6. The van der Waals surface area contributed by atoms with Gasteiger partial charge in [-0.15, -0.1) is 0 Å². The summed E-state index contributed by atoms with van der Waals surface area (Å²) in [5, 5.41) is 12.3. The van der Waals surface area contributed by atoms with Crippen LogP contribution in [0.25, 0.3) is 11.1 Å².